The maximum atomic E-state index is 11.2. The number of carboxylic acids is 2. The van der Waals surface area contributed by atoms with E-state index in [9.17, 15) is 24.9 Å². The van der Waals surface area contributed by atoms with Gasteiger partial charge in [-0.1, -0.05) is 37.8 Å². The molecule has 0 radical (unpaired) electrons. The van der Waals surface area contributed by atoms with Crippen LogP contribution >= 0.6 is 0 Å². The Bertz CT molecular complexity index is 703. The SMILES string of the molecule is CC(C)(CCCCCc1c(O)cccc1CCCCCC1(C(=O)O)CC1)C(=O)O. The van der Waals surface area contributed by atoms with Gasteiger partial charge in [-0.3, -0.25) is 9.59 Å². The lowest BCUT2D eigenvalue weighted by Crippen LogP contribution is -2.23. The van der Waals surface area contributed by atoms with Crippen LogP contribution in [0, 0.1) is 10.8 Å². The average Bonchev–Trinajstić information content (AvgIpc) is 3.44. The first kappa shape index (κ1) is 23.2. The zero-order valence-electron chi connectivity index (χ0n) is 17.9. The van der Waals surface area contributed by atoms with Crippen LogP contribution in [-0.4, -0.2) is 27.3 Å². The number of benzene rings is 1. The zero-order valence-corrected chi connectivity index (χ0v) is 17.9. The van der Waals surface area contributed by atoms with Gasteiger partial charge in [0, 0.05) is 0 Å². The van der Waals surface area contributed by atoms with Gasteiger partial charge in [0.05, 0.1) is 10.8 Å². The summed E-state index contributed by atoms with van der Waals surface area (Å²) >= 11 is 0. The second-order valence-electron chi connectivity index (χ2n) is 9.31. The van der Waals surface area contributed by atoms with Crippen molar-refractivity contribution in [1.82, 2.24) is 0 Å². The molecule has 1 aromatic carbocycles. The Balaban J connectivity index is 1.73. The van der Waals surface area contributed by atoms with Gasteiger partial charge < -0.3 is 15.3 Å². The first-order valence-corrected chi connectivity index (χ1v) is 10.9. The van der Waals surface area contributed by atoms with E-state index in [1.165, 1.54) is 5.56 Å². The number of hydrogen-bond acceptors (Lipinski definition) is 3. The van der Waals surface area contributed by atoms with E-state index in [4.69, 9.17) is 0 Å². The van der Waals surface area contributed by atoms with Crippen LogP contribution in [0.5, 0.6) is 5.75 Å². The van der Waals surface area contributed by atoms with E-state index in [2.05, 4.69) is 6.07 Å². The second-order valence-corrected chi connectivity index (χ2v) is 9.31. The number of phenolic OH excluding ortho intramolecular Hbond substituents is 1. The van der Waals surface area contributed by atoms with Gasteiger partial charge in [0.2, 0.25) is 0 Å². The summed E-state index contributed by atoms with van der Waals surface area (Å²) in [5, 5.41) is 28.7. The summed E-state index contributed by atoms with van der Waals surface area (Å²) in [6.45, 7) is 3.52. The van der Waals surface area contributed by atoms with E-state index in [1.807, 2.05) is 6.07 Å². The summed E-state index contributed by atoms with van der Waals surface area (Å²) in [5.41, 5.74) is 1.08. The standard InChI is InChI=1S/C24H36O5/c1-23(2,21(26)27)14-7-4-6-12-19-18(11-9-13-20(19)25)10-5-3-8-15-24(16-17-24)22(28)29/h9,11,13,25H,3-8,10,12,14-17H2,1-2H3,(H,26,27)(H,28,29). The molecule has 162 valence electrons. The van der Waals surface area contributed by atoms with Gasteiger partial charge in [0.25, 0.3) is 0 Å². The van der Waals surface area contributed by atoms with Crippen molar-refractivity contribution >= 4 is 11.9 Å². The second kappa shape index (κ2) is 10.1. The van der Waals surface area contributed by atoms with Crippen molar-refractivity contribution in [2.24, 2.45) is 10.8 Å². The normalized spacial score (nSPS) is 15.2. The minimum atomic E-state index is -0.753. The van der Waals surface area contributed by atoms with Crippen LogP contribution in [-0.2, 0) is 22.4 Å². The third-order valence-electron chi connectivity index (χ3n) is 6.46. The van der Waals surface area contributed by atoms with Crippen LogP contribution in [0.15, 0.2) is 18.2 Å². The molecule has 29 heavy (non-hydrogen) atoms. The average molecular weight is 405 g/mol. The molecular formula is C24H36O5. The number of rotatable bonds is 14. The molecule has 0 bridgehead atoms. The molecule has 0 aliphatic heterocycles. The summed E-state index contributed by atoms with van der Waals surface area (Å²) in [5.74, 6) is -1.05. The van der Waals surface area contributed by atoms with Crippen LogP contribution in [0.4, 0.5) is 0 Å². The molecule has 0 unspecified atom stereocenters. The molecule has 0 aromatic heterocycles. The fourth-order valence-corrected chi connectivity index (χ4v) is 3.97. The molecule has 1 fully saturated rings. The minimum absolute atomic E-state index is 0.344. The van der Waals surface area contributed by atoms with Crippen molar-refractivity contribution in [2.75, 3.05) is 0 Å². The highest BCUT2D eigenvalue weighted by atomic mass is 16.4. The third kappa shape index (κ3) is 6.76. The van der Waals surface area contributed by atoms with Crippen molar-refractivity contribution in [1.29, 1.82) is 0 Å². The van der Waals surface area contributed by atoms with Crippen LogP contribution in [0.1, 0.15) is 89.2 Å². The third-order valence-corrected chi connectivity index (χ3v) is 6.46. The molecule has 5 nitrogen and oxygen atoms in total. The van der Waals surface area contributed by atoms with Crippen LogP contribution in [0.2, 0.25) is 0 Å². The van der Waals surface area contributed by atoms with E-state index < -0.39 is 22.8 Å². The zero-order chi connectivity index (χ0) is 21.5. The van der Waals surface area contributed by atoms with Crippen molar-refractivity contribution in [3.05, 3.63) is 29.3 Å². The lowest BCUT2D eigenvalue weighted by atomic mass is 9.86. The molecule has 0 heterocycles. The Hall–Kier alpha value is -2.04. The Morgan fingerprint density at radius 3 is 2.24 bits per heavy atom. The Kier molecular flexibility index (Phi) is 8.12. The van der Waals surface area contributed by atoms with Crippen LogP contribution in [0.3, 0.4) is 0 Å². The monoisotopic (exact) mass is 404 g/mol. The minimum Gasteiger partial charge on any atom is -0.508 e. The highest BCUT2D eigenvalue weighted by Crippen LogP contribution is 2.50. The molecule has 1 aromatic rings. The molecule has 1 aliphatic rings. The Labute approximate surface area is 174 Å². The van der Waals surface area contributed by atoms with Gasteiger partial charge in [0.1, 0.15) is 5.75 Å². The summed E-state index contributed by atoms with van der Waals surface area (Å²) < 4.78 is 0. The van der Waals surface area contributed by atoms with E-state index in [-0.39, 0.29) is 0 Å². The number of carboxylic acid groups (broad SMARTS) is 2. The first-order chi connectivity index (χ1) is 13.7. The number of aromatic hydroxyl groups is 1. The van der Waals surface area contributed by atoms with Gasteiger partial charge >= 0.3 is 11.9 Å². The van der Waals surface area contributed by atoms with Gasteiger partial charge in [-0.2, -0.15) is 0 Å². The molecule has 3 N–H and O–H groups in total. The number of hydrogen-bond donors (Lipinski definition) is 3. The molecule has 1 saturated carbocycles. The number of phenols is 1. The van der Waals surface area contributed by atoms with E-state index >= 15 is 0 Å². The largest absolute Gasteiger partial charge is 0.508 e. The Morgan fingerprint density at radius 2 is 1.62 bits per heavy atom. The van der Waals surface area contributed by atoms with Crippen LogP contribution < -0.4 is 0 Å². The first-order valence-electron chi connectivity index (χ1n) is 10.9. The van der Waals surface area contributed by atoms with E-state index in [0.29, 0.717) is 12.2 Å². The quantitative estimate of drug-likeness (QED) is 0.352. The summed E-state index contributed by atoms with van der Waals surface area (Å²) in [6.07, 6.45) is 10.5. The fourth-order valence-electron chi connectivity index (χ4n) is 3.97. The molecule has 0 atom stereocenters. The maximum absolute atomic E-state index is 11.2. The van der Waals surface area contributed by atoms with Crippen molar-refractivity contribution in [3.63, 3.8) is 0 Å². The van der Waals surface area contributed by atoms with Gasteiger partial charge in [0.15, 0.2) is 0 Å². The van der Waals surface area contributed by atoms with E-state index in [1.54, 1.807) is 19.9 Å². The lowest BCUT2D eigenvalue weighted by molar-refractivity contribution is -0.147. The molecule has 0 amide bonds. The smallest absolute Gasteiger partial charge is 0.309 e. The van der Waals surface area contributed by atoms with Crippen molar-refractivity contribution in [2.45, 2.75) is 90.9 Å². The highest BCUT2D eigenvalue weighted by Gasteiger charge is 2.49. The predicted molar refractivity (Wildman–Crippen MR) is 113 cm³/mol. The lowest BCUT2D eigenvalue weighted by Gasteiger charge is -2.18. The van der Waals surface area contributed by atoms with E-state index in [0.717, 1.165) is 76.2 Å². The molecule has 0 saturated heterocycles. The summed E-state index contributed by atoms with van der Waals surface area (Å²) in [4.78, 5) is 22.4. The molecule has 2 rings (SSSR count). The number of aryl methyl sites for hydroxylation is 1. The topological polar surface area (TPSA) is 94.8 Å². The van der Waals surface area contributed by atoms with Crippen LogP contribution in [0.25, 0.3) is 0 Å². The Morgan fingerprint density at radius 1 is 0.966 bits per heavy atom. The summed E-state index contributed by atoms with van der Waals surface area (Å²) in [6, 6.07) is 5.69. The predicted octanol–water partition coefficient (Wildman–Crippen LogP) is 5.57. The van der Waals surface area contributed by atoms with Gasteiger partial charge in [-0.25, -0.2) is 0 Å². The molecular weight excluding hydrogens is 368 g/mol. The summed E-state index contributed by atoms with van der Waals surface area (Å²) in [7, 11) is 0. The maximum Gasteiger partial charge on any atom is 0.309 e. The highest BCUT2D eigenvalue weighted by molar-refractivity contribution is 5.77. The molecule has 5 heteroatoms. The van der Waals surface area contributed by atoms with Gasteiger partial charge in [-0.05, 0) is 82.4 Å². The number of carbonyl (C=O) groups is 2. The van der Waals surface area contributed by atoms with Gasteiger partial charge in [-0.15, -0.1) is 0 Å². The number of aliphatic carboxylic acids is 2. The van der Waals surface area contributed by atoms with Crippen molar-refractivity contribution in [3.8, 4) is 5.75 Å². The number of unbranched alkanes of at least 4 members (excludes halogenated alkanes) is 4. The molecule has 0 spiro atoms. The molecule has 1 aliphatic carbocycles. The van der Waals surface area contributed by atoms with Crippen molar-refractivity contribution < 1.29 is 24.9 Å². The fraction of sp³-hybridized carbons (Fsp3) is 0.667.